The SMILES string of the molecule is Oc1ccc2[nH]cc(C(CCC3CCCCC3)c3c[nH]c4ccc(O)cc34)c2c1. The van der Waals surface area contributed by atoms with Crippen LogP contribution >= 0.6 is 0 Å². The van der Waals surface area contributed by atoms with Crippen LogP contribution in [0.15, 0.2) is 48.8 Å². The van der Waals surface area contributed by atoms with Gasteiger partial charge in [-0.25, -0.2) is 0 Å². The third-order valence-corrected chi connectivity index (χ3v) is 6.73. The van der Waals surface area contributed by atoms with E-state index in [0.29, 0.717) is 11.5 Å². The van der Waals surface area contributed by atoms with E-state index in [2.05, 4.69) is 22.4 Å². The standard InChI is InChI=1S/C25H28N2O2/c28-17-7-10-24-20(12-17)22(14-26-24)19(9-6-16-4-2-1-3-5-16)23-15-27-25-11-8-18(29)13-21(23)25/h7-8,10-16,19,26-29H,1-6,9H2. The van der Waals surface area contributed by atoms with Gasteiger partial charge in [0.1, 0.15) is 11.5 Å². The van der Waals surface area contributed by atoms with Crippen molar-refractivity contribution in [2.75, 3.05) is 0 Å². The Kier molecular flexibility index (Phi) is 4.70. The van der Waals surface area contributed by atoms with E-state index < -0.39 is 0 Å². The molecule has 150 valence electrons. The number of nitrogens with one attached hydrogen (secondary N) is 2. The van der Waals surface area contributed by atoms with Gasteiger partial charge in [0.2, 0.25) is 0 Å². The number of benzene rings is 2. The molecular formula is C25H28N2O2. The number of aromatic hydroxyl groups is 2. The molecule has 0 atom stereocenters. The van der Waals surface area contributed by atoms with E-state index in [-0.39, 0.29) is 5.92 Å². The van der Waals surface area contributed by atoms with Crippen LogP contribution in [0.1, 0.15) is 62.0 Å². The molecule has 2 aromatic heterocycles. The summed E-state index contributed by atoms with van der Waals surface area (Å²) in [5.41, 5.74) is 4.53. The zero-order chi connectivity index (χ0) is 19.8. The first-order valence-corrected chi connectivity index (χ1v) is 10.8. The summed E-state index contributed by atoms with van der Waals surface area (Å²) in [5.74, 6) is 1.60. The molecule has 1 saturated carbocycles. The number of aromatic nitrogens is 2. The van der Waals surface area contributed by atoms with E-state index in [4.69, 9.17) is 0 Å². The Morgan fingerprint density at radius 3 is 1.90 bits per heavy atom. The van der Waals surface area contributed by atoms with Crippen molar-refractivity contribution in [2.24, 2.45) is 5.92 Å². The molecule has 1 aliphatic rings. The Balaban J connectivity index is 1.58. The minimum absolute atomic E-state index is 0.211. The second-order valence-electron chi connectivity index (χ2n) is 8.58. The van der Waals surface area contributed by atoms with E-state index >= 15 is 0 Å². The molecule has 0 saturated heterocycles. The van der Waals surface area contributed by atoms with Crippen LogP contribution < -0.4 is 0 Å². The Hall–Kier alpha value is -2.88. The Morgan fingerprint density at radius 1 is 0.793 bits per heavy atom. The molecule has 4 nitrogen and oxygen atoms in total. The first-order valence-electron chi connectivity index (χ1n) is 10.8. The molecule has 0 aliphatic heterocycles. The van der Waals surface area contributed by atoms with Crippen molar-refractivity contribution >= 4 is 21.8 Å². The van der Waals surface area contributed by atoms with Crippen LogP contribution in [0.2, 0.25) is 0 Å². The summed E-state index contributed by atoms with van der Waals surface area (Å²) in [6, 6.07) is 11.1. The van der Waals surface area contributed by atoms with Gasteiger partial charge in [0.05, 0.1) is 0 Å². The quantitative estimate of drug-likeness (QED) is 0.313. The van der Waals surface area contributed by atoms with Gasteiger partial charge in [-0.3, -0.25) is 0 Å². The van der Waals surface area contributed by atoms with Crippen LogP contribution in [0.3, 0.4) is 0 Å². The van der Waals surface area contributed by atoms with Crippen LogP contribution in [0.5, 0.6) is 11.5 Å². The van der Waals surface area contributed by atoms with E-state index in [0.717, 1.165) is 34.1 Å². The highest BCUT2D eigenvalue weighted by Gasteiger charge is 2.24. The van der Waals surface area contributed by atoms with E-state index in [9.17, 15) is 10.2 Å². The van der Waals surface area contributed by atoms with Crippen LogP contribution in [0.25, 0.3) is 21.8 Å². The number of hydrogen-bond acceptors (Lipinski definition) is 2. The topological polar surface area (TPSA) is 72.0 Å². The van der Waals surface area contributed by atoms with Crippen molar-refractivity contribution in [2.45, 2.75) is 50.9 Å². The molecule has 29 heavy (non-hydrogen) atoms. The molecule has 1 fully saturated rings. The number of aromatic amines is 2. The summed E-state index contributed by atoms with van der Waals surface area (Å²) >= 11 is 0. The van der Waals surface area contributed by atoms with Crippen LogP contribution in [0.4, 0.5) is 0 Å². The van der Waals surface area contributed by atoms with E-state index in [1.807, 2.05) is 24.3 Å². The van der Waals surface area contributed by atoms with Crippen LogP contribution in [0, 0.1) is 5.92 Å². The van der Waals surface area contributed by atoms with Gasteiger partial charge in [-0.05, 0) is 66.3 Å². The largest absolute Gasteiger partial charge is 0.508 e. The monoisotopic (exact) mass is 388 g/mol. The lowest BCUT2D eigenvalue weighted by Gasteiger charge is -2.24. The molecule has 2 aromatic carbocycles. The fourth-order valence-corrected chi connectivity index (χ4v) is 5.19. The lowest BCUT2D eigenvalue weighted by atomic mass is 9.80. The summed E-state index contributed by atoms with van der Waals surface area (Å²) in [5, 5.41) is 22.3. The highest BCUT2D eigenvalue weighted by molar-refractivity contribution is 5.89. The maximum atomic E-state index is 10.1. The van der Waals surface area contributed by atoms with Crippen LogP contribution in [-0.4, -0.2) is 20.2 Å². The first kappa shape index (κ1) is 18.2. The molecule has 4 N–H and O–H groups in total. The van der Waals surface area contributed by atoms with Crippen molar-refractivity contribution in [3.8, 4) is 11.5 Å². The average Bonchev–Trinajstić information content (AvgIpc) is 3.33. The van der Waals surface area contributed by atoms with Gasteiger partial charge >= 0.3 is 0 Å². The Morgan fingerprint density at radius 2 is 1.34 bits per heavy atom. The van der Waals surface area contributed by atoms with Gasteiger partial charge < -0.3 is 20.2 Å². The van der Waals surface area contributed by atoms with Gasteiger partial charge in [-0.15, -0.1) is 0 Å². The summed E-state index contributed by atoms with van der Waals surface area (Å²) in [6.07, 6.45) is 13.2. The number of H-pyrrole nitrogens is 2. The maximum Gasteiger partial charge on any atom is 0.116 e. The lowest BCUT2D eigenvalue weighted by molar-refractivity contribution is 0.328. The maximum absolute atomic E-state index is 10.1. The molecule has 2 heterocycles. The van der Waals surface area contributed by atoms with Crippen LogP contribution in [-0.2, 0) is 0 Å². The molecule has 0 radical (unpaired) electrons. The van der Waals surface area contributed by atoms with E-state index in [1.54, 1.807) is 12.1 Å². The van der Waals surface area contributed by atoms with Crippen molar-refractivity contribution in [3.05, 3.63) is 59.9 Å². The molecule has 5 rings (SSSR count). The minimum atomic E-state index is 0.211. The molecular weight excluding hydrogens is 360 g/mol. The van der Waals surface area contributed by atoms with Crippen molar-refractivity contribution < 1.29 is 10.2 Å². The molecule has 0 amide bonds. The molecule has 4 heteroatoms. The third kappa shape index (κ3) is 3.48. The highest BCUT2D eigenvalue weighted by Crippen LogP contribution is 2.41. The molecule has 0 unspecified atom stereocenters. The number of phenolic OH excluding ortho intramolecular Hbond substituents is 2. The lowest BCUT2D eigenvalue weighted by Crippen LogP contribution is -2.09. The number of rotatable bonds is 5. The summed E-state index contributed by atoms with van der Waals surface area (Å²) < 4.78 is 0. The summed E-state index contributed by atoms with van der Waals surface area (Å²) in [7, 11) is 0. The Bertz CT molecular complexity index is 1050. The number of fused-ring (bicyclic) bond motifs is 2. The number of hydrogen-bond donors (Lipinski definition) is 4. The normalized spacial score (nSPS) is 15.6. The minimum Gasteiger partial charge on any atom is -0.508 e. The first-order chi connectivity index (χ1) is 14.2. The molecule has 0 spiro atoms. The second-order valence-corrected chi connectivity index (χ2v) is 8.58. The molecule has 4 aromatic rings. The van der Waals surface area contributed by atoms with Crippen molar-refractivity contribution in [1.82, 2.24) is 9.97 Å². The van der Waals surface area contributed by atoms with Crippen molar-refractivity contribution in [1.29, 1.82) is 0 Å². The predicted octanol–water partition coefficient (Wildman–Crippen LogP) is 6.55. The van der Waals surface area contributed by atoms with E-state index in [1.165, 1.54) is 49.7 Å². The van der Waals surface area contributed by atoms with Gasteiger partial charge in [0, 0.05) is 40.1 Å². The van der Waals surface area contributed by atoms with Crippen molar-refractivity contribution in [3.63, 3.8) is 0 Å². The highest BCUT2D eigenvalue weighted by atomic mass is 16.3. The van der Waals surface area contributed by atoms with Gasteiger partial charge in [-0.2, -0.15) is 0 Å². The smallest absolute Gasteiger partial charge is 0.116 e. The van der Waals surface area contributed by atoms with Gasteiger partial charge in [0.15, 0.2) is 0 Å². The summed E-state index contributed by atoms with van der Waals surface area (Å²) in [6.45, 7) is 0. The molecule has 0 bridgehead atoms. The molecule has 1 aliphatic carbocycles. The van der Waals surface area contributed by atoms with Gasteiger partial charge in [-0.1, -0.05) is 32.1 Å². The fourth-order valence-electron chi connectivity index (χ4n) is 5.19. The average molecular weight is 389 g/mol. The second kappa shape index (κ2) is 7.51. The Labute approximate surface area is 170 Å². The predicted molar refractivity (Wildman–Crippen MR) is 118 cm³/mol. The third-order valence-electron chi connectivity index (χ3n) is 6.73. The fraction of sp³-hybridized carbons (Fsp3) is 0.360. The zero-order valence-corrected chi connectivity index (χ0v) is 16.6. The summed E-state index contributed by atoms with van der Waals surface area (Å²) in [4.78, 5) is 6.77. The van der Waals surface area contributed by atoms with Gasteiger partial charge in [0.25, 0.3) is 0 Å². The zero-order valence-electron chi connectivity index (χ0n) is 16.6. The number of phenols is 2.